The summed E-state index contributed by atoms with van der Waals surface area (Å²) in [5.74, 6) is 6.80. The van der Waals surface area contributed by atoms with Crippen LogP contribution >= 0.6 is 11.8 Å². The van der Waals surface area contributed by atoms with Crippen molar-refractivity contribution < 1.29 is 0 Å². The van der Waals surface area contributed by atoms with Crippen molar-refractivity contribution in [1.29, 1.82) is 0 Å². The molecule has 0 bridgehead atoms. The quantitative estimate of drug-likeness (QED) is 0.443. The van der Waals surface area contributed by atoms with Gasteiger partial charge in [0.15, 0.2) is 5.69 Å². The van der Waals surface area contributed by atoms with Gasteiger partial charge in [0.2, 0.25) is 5.16 Å². The molecule has 3 rings (SSSR count). The van der Waals surface area contributed by atoms with E-state index >= 15 is 0 Å². The number of nitrogen functional groups attached to an aromatic ring is 1. The van der Waals surface area contributed by atoms with E-state index in [9.17, 15) is 4.79 Å². The van der Waals surface area contributed by atoms with Gasteiger partial charge in [-0.25, -0.2) is 0 Å². The van der Waals surface area contributed by atoms with Gasteiger partial charge in [0.25, 0.3) is 5.56 Å². The van der Waals surface area contributed by atoms with E-state index in [0.29, 0.717) is 5.16 Å². The van der Waals surface area contributed by atoms with Crippen molar-refractivity contribution in [2.45, 2.75) is 24.9 Å². The standard InChI is InChI=1S/C17H18N4OS/c1-2-3-11-23-17-20-19-15(16(22)21(17)18)14-10-6-8-12-7-4-5-9-13(12)14/h4-10H,2-3,11,18H2,1H3. The smallest absolute Gasteiger partial charge is 0.299 e. The zero-order chi connectivity index (χ0) is 16.2. The van der Waals surface area contributed by atoms with Crippen LogP contribution in [0.2, 0.25) is 0 Å². The number of nitrogens with zero attached hydrogens (tertiary/aromatic N) is 3. The summed E-state index contributed by atoms with van der Waals surface area (Å²) in [6.45, 7) is 2.12. The fourth-order valence-corrected chi connectivity index (χ4v) is 3.33. The molecular weight excluding hydrogens is 308 g/mol. The summed E-state index contributed by atoms with van der Waals surface area (Å²) < 4.78 is 1.10. The van der Waals surface area contributed by atoms with E-state index in [1.807, 2.05) is 42.5 Å². The lowest BCUT2D eigenvalue weighted by Gasteiger charge is -2.09. The molecule has 0 aliphatic heterocycles. The van der Waals surface area contributed by atoms with Crippen molar-refractivity contribution in [1.82, 2.24) is 14.9 Å². The third-order valence-corrected chi connectivity index (χ3v) is 4.67. The minimum Gasteiger partial charge on any atom is -0.334 e. The van der Waals surface area contributed by atoms with Crippen LogP contribution in [0.3, 0.4) is 0 Å². The molecule has 6 heteroatoms. The molecule has 1 heterocycles. The Bertz CT molecular complexity index is 886. The van der Waals surface area contributed by atoms with Crippen LogP contribution in [0.5, 0.6) is 0 Å². The number of thioether (sulfide) groups is 1. The fraction of sp³-hybridized carbons (Fsp3) is 0.235. The number of nitrogens with two attached hydrogens (primary N) is 1. The van der Waals surface area contributed by atoms with Crippen LogP contribution in [-0.4, -0.2) is 20.6 Å². The predicted molar refractivity (Wildman–Crippen MR) is 95.0 cm³/mol. The van der Waals surface area contributed by atoms with E-state index in [0.717, 1.165) is 39.6 Å². The van der Waals surface area contributed by atoms with Crippen LogP contribution in [0.1, 0.15) is 19.8 Å². The van der Waals surface area contributed by atoms with E-state index in [1.165, 1.54) is 11.8 Å². The Balaban J connectivity index is 2.06. The number of hydrogen-bond donors (Lipinski definition) is 1. The summed E-state index contributed by atoms with van der Waals surface area (Å²) in [7, 11) is 0. The average molecular weight is 326 g/mol. The minimum atomic E-state index is -0.324. The molecule has 0 atom stereocenters. The first-order valence-corrected chi connectivity index (χ1v) is 8.56. The van der Waals surface area contributed by atoms with Gasteiger partial charge < -0.3 is 5.84 Å². The minimum absolute atomic E-state index is 0.282. The summed E-state index contributed by atoms with van der Waals surface area (Å²) >= 11 is 1.46. The molecule has 1 aromatic heterocycles. The van der Waals surface area contributed by atoms with Gasteiger partial charge in [0.1, 0.15) is 0 Å². The Kier molecular flexibility index (Phi) is 4.62. The summed E-state index contributed by atoms with van der Waals surface area (Å²) in [6.07, 6.45) is 2.13. The molecule has 3 aromatic rings. The number of unbranched alkanes of at least 4 members (excludes halogenated alkanes) is 1. The summed E-state index contributed by atoms with van der Waals surface area (Å²) in [4.78, 5) is 12.6. The molecule has 0 unspecified atom stereocenters. The van der Waals surface area contributed by atoms with Gasteiger partial charge in [-0.2, -0.15) is 4.68 Å². The maximum atomic E-state index is 12.6. The number of benzene rings is 2. The molecule has 0 saturated carbocycles. The van der Waals surface area contributed by atoms with E-state index in [1.54, 1.807) is 0 Å². The van der Waals surface area contributed by atoms with Crippen molar-refractivity contribution in [2.24, 2.45) is 0 Å². The summed E-state index contributed by atoms with van der Waals surface area (Å²) in [5, 5.41) is 10.8. The van der Waals surface area contributed by atoms with Crippen molar-refractivity contribution in [3.05, 3.63) is 52.8 Å². The number of rotatable bonds is 5. The SMILES string of the molecule is CCCCSc1nnc(-c2cccc3ccccc23)c(=O)n1N. The molecule has 0 fully saturated rings. The molecular formula is C17H18N4OS. The van der Waals surface area contributed by atoms with E-state index in [2.05, 4.69) is 17.1 Å². The lowest BCUT2D eigenvalue weighted by Crippen LogP contribution is -2.32. The van der Waals surface area contributed by atoms with Crippen molar-refractivity contribution in [2.75, 3.05) is 11.6 Å². The van der Waals surface area contributed by atoms with Crippen LogP contribution in [-0.2, 0) is 0 Å². The van der Waals surface area contributed by atoms with Crippen LogP contribution in [0, 0.1) is 0 Å². The molecule has 2 N–H and O–H groups in total. The number of fused-ring (bicyclic) bond motifs is 1. The lowest BCUT2D eigenvalue weighted by atomic mass is 10.0. The summed E-state index contributed by atoms with van der Waals surface area (Å²) in [5.41, 5.74) is 0.712. The Labute approximate surface area is 138 Å². The molecule has 2 aromatic carbocycles. The molecule has 0 spiro atoms. The highest BCUT2D eigenvalue weighted by molar-refractivity contribution is 7.99. The lowest BCUT2D eigenvalue weighted by molar-refractivity contribution is 0.703. The topological polar surface area (TPSA) is 73.8 Å². The molecule has 118 valence electrons. The maximum absolute atomic E-state index is 12.6. The van der Waals surface area contributed by atoms with Crippen LogP contribution in [0.25, 0.3) is 22.0 Å². The second-order valence-electron chi connectivity index (χ2n) is 5.24. The highest BCUT2D eigenvalue weighted by Crippen LogP contribution is 2.25. The normalized spacial score (nSPS) is 11.0. The highest BCUT2D eigenvalue weighted by Gasteiger charge is 2.14. The Morgan fingerprint density at radius 3 is 2.74 bits per heavy atom. The van der Waals surface area contributed by atoms with Crippen LogP contribution in [0.15, 0.2) is 52.4 Å². The third-order valence-electron chi connectivity index (χ3n) is 3.64. The van der Waals surface area contributed by atoms with E-state index in [4.69, 9.17) is 5.84 Å². The van der Waals surface area contributed by atoms with Crippen molar-refractivity contribution in [3.8, 4) is 11.3 Å². The third kappa shape index (κ3) is 3.07. The molecule has 0 radical (unpaired) electrons. The average Bonchev–Trinajstić information content (AvgIpc) is 2.59. The largest absolute Gasteiger partial charge is 0.334 e. The van der Waals surface area contributed by atoms with Crippen molar-refractivity contribution >= 4 is 22.5 Å². The highest BCUT2D eigenvalue weighted by atomic mass is 32.2. The molecule has 0 saturated heterocycles. The molecule has 0 aliphatic carbocycles. The van der Waals surface area contributed by atoms with Gasteiger partial charge in [0, 0.05) is 11.3 Å². The Hall–Kier alpha value is -2.34. The predicted octanol–water partition coefficient (Wildman–Crippen LogP) is 3.06. The van der Waals surface area contributed by atoms with Crippen LogP contribution in [0.4, 0.5) is 0 Å². The van der Waals surface area contributed by atoms with Gasteiger partial charge in [0.05, 0.1) is 0 Å². The first kappa shape index (κ1) is 15.6. The second-order valence-corrected chi connectivity index (χ2v) is 6.30. The van der Waals surface area contributed by atoms with E-state index in [-0.39, 0.29) is 11.3 Å². The molecule has 0 amide bonds. The Morgan fingerprint density at radius 1 is 1.13 bits per heavy atom. The zero-order valence-corrected chi connectivity index (χ0v) is 13.7. The molecule has 5 nitrogen and oxygen atoms in total. The van der Waals surface area contributed by atoms with Crippen LogP contribution < -0.4 is 11.4 Å². The number of aromatic nitrogens is 3. The molecule has 0 aliphatic rings. The second kappa shape index (κ2) is 6.83. The monoisotopic (exact) mass is 326 g/mol. The van der Waals surface area contributed by atoms with E-state index < -0.39 is 0 Å². The first-order valence-electron chi connectivity index (χ1n) is 7.58. The zero-order valence-electron chi connectivity index (χ0n) is 12.9. The maximum Gasteiger partial charge on any atom is 0.299 e. The van der Waals surface area contributed by atoms with Crippen molar-refractivity contribution in [3.63, 3.8) is 0 Å². The molecule has 23 heavy (non-hydrogen) atoms. The van der Waals surface area contributed by atoms with Gasteiger partial charge in [-0.3, -0.25) is 4.79 Å². The first-order chi connectivity index (χ1) is 11.2. The fourth-order valence-electron chi connectivity index (χ4n) is 2.39. The van der Waals surface area contributed by atoms with Gasteiger partial charge in [-0.1, -0.05) is 67.6 Å². The van der Waals surface area contributed by atoms with Gasteiger partial charge in [-0.15, -0.1) is 10.2 Å². The van der Waals surface area contributed by atoms with Gasteiger partial charge >= 0.3 is 0 Å². The summed E-state index contributed by atoms with van der Waals surface area (Å²) in [6, 6.07) is 13.7. The van der Waals surface area contributed by atoms with Gasteiger partial charge in [-0.05, 0) is 17.2 Å². The number of hydrogen-bond acceptors (Lipinski definition) is 5. The Morgan fingerprint density at radius 2 is 1.91 bits per heavy atom.